The van der Waals surface area contributed by atoms with Crippen LogP contribution in [-0.4, -0.2) is 29.3 Å². The van der Waals surface area contributed by atoms with Gasteiger partial charge in [0.15, 0.2) is 11.5 Å². The first-order valence-corrected chi connectivity index (χ1v) is 7.55. The highest BCUT2D eigenvalue weighted by Gasteiger charge is 2.21. The quantitative estimate of drug-likeness (QED) is 0.748. The van der Waals surface area contributed by atoms with Gasteiger partial charge in [-0.2, -0.15) is 0 Å². The predicted molar refractivity (Wildman–Crippen MR) is 93.0 cm³/mol. The first-order valence-electron chi connectivity index (χ1n) is 7.55. The zero-order valence-corrected chi connectivity index (χ0v) is 13.8. The molecule has 2 N–H and O–H groups in total. The van der Waals surface area contributed by atoms with Gasteiger partial charge in [-0.3, -0.25) is 0 Å². The molecular formula is C18H19N3O3. The van der Waals surface area contributed by atoms with Gasteiger partial charge in [-0.25, -0.2) is 9.97 Å². The summed E-state index contributed by atoms with van der Waals surface area (Å²) in [7, 11) is 3.10. The summed E-state index contributed by atoms with van der Waals surface area (Å²) in [5.41, 5.74) is 2.10. The Balaban J connectivity index is 2.24. The number of aliphatic hydroxyl groups excluding tert-OH is 1. The van der Waals surface area contributed by atoms with Crippen molar-refractivity contribution < 1.29 is 14.6 Å². The maximum Gasteiger partial charge on any atom is 0.168 e. The molecule has 124 valence electrons. The van der Waals surface area contributed by atoms with E-state index in [0.29, 0.717) is 28.4 Å². The van der Waals surface area contributed by atoms with Gasteiger partial charge in [0.2, 0.25) is 0 Å². The molecule has 0 saturated heterocycles. The molecule has 3 aromatic rings. The smallest absolute Gasteiger partial charge is 0.168 e. The number of aliphatic hydroxyl groups is 1. The average Bonchev–Trinajstić information content (AvgIpc) is 2.61. The van der Waals surface area contributed by atoms with Gasteiger partial charge in [-0.15, -0.1) is 0 Å². The maximum atomic E-state index is 10.2. The number of hydrogen-bond acceptors (Lipinski definition) is 6. The maximum absolute atomic E-state index is 10.2. The SMILES string of the molecule is COc1cc2c(Nc3ccccc3)ncnc2c(C(C)O)c1OC. The second kappa shape index (κ2) is 6.72. The van der Waals surface area contributed by atoms with Gasteiger partial charge < -0.3 is 19.9 Å². The van der Waals surface area contributed by atoms with Crippen molar-refractivity contribution in [3.05, 3.63) is 48.3 Å². The van der Waals surface area contributed by atoms with E-state index >= 15 is 0 Å². The summed E-state index contributed by atoms with van der Waals surface area (Å²) in [6.07, 6.45) is 0.697. The molecule has 1 heterocycles. The second-order valence-electron chi connectivity index (χ2n) is 5.31. The summed E-state index contributed by atoms with van der Waals surface area (Å²) in [5, 5.41) is 14.2. The summed E-state index contributed by atoms with van der Waals surface area (Å²) in [4.78, 5) is 8.68. The Hall–Kier alpha value is -2.86. The highest BCUT2D eigenvalue weighted by atomic mass is 16.5. The van der Waals surface area contributed by atoms with Crippen molar-refractivity contribution in [2.45, 2.75) is 13.0 Å². The van der Waals surface area contributed by atoms with Crippen LogP contribution in [0, 0.1) is 0 Å². The topological polar surface area (TPSA) is 76.5 Å². The fourth-order valence-electron chi connectivity index (χ4n) is 2.69. The van der Waals surface area contributed by atoms with Crippen molar-refractivity contribution in [1.29, 1.82) is 0 Å². The Kier molecular flexibility index (Phi) is 4.48. The lowest BCUT2D eigenvalue weighted by atomic mass is 10.0. The number of nitrogens with one attached hydrogen (secondary N) is 1. The van der Waals surface area contributed by atoms with E-state index in [4.69, 9.17) is 9.47 Å². The first kappa shape index (κ1) is 16.0. The Morgan fingerprint density at radius 3 is 2.46 bits per heavy atom. The Labute approximate surface area is 140 Å². The molecule has 1 atom stereocenters. The lowest BCUT2D eigenvalue weighted by molar-refractivity contribution is 0.194. The van der Waals surface area contributed by atoms with E-state index in [9.17, 15) is 5.11 Å². The van der Waals surface area contributed by atoms with Gasteiger partial charge in [-0.1, -0.05) is 18.2 Å². The fourth-order valence-corrected chi connectivity index (χ4v) is 2.69. The van der Waals surface area contributed by atoms with Crippen LogP contribution in [0.4, 0.5) is 11.5 Å². The molecule has 2 aromatic carbocycles. The van der Waals surface area contributed by atoms with E-state index in [1.807, 2.05) is 36.4 Å². The number of hydrogen-bond donors (Lipinski definition) is 2. The minimum atomic E-state index is -0.767. The number of methoxy groups -OCH3 is 2. The molecule has 1 unspecified atom stereocenters. The van der Waals surface area contributed by atoms with Crippen molar-refractivity contribution in [1.82, 2.24) is 9.97 Å². The van der Waals surface area contributed by atoms with E-state index in [1.54, 1.807) is 21.1 Å². The summed E-state index contributed by atoms with van der Waals surface area (Å²) < 4.78 is 10.9. The van der Waals surface area contributed by atoms with Gasteiger partial charge in [0.05, 0.1) is 31.4 Å². The van der Waals surface area contributed by atoms with E-state index in [0.717, 1.165) is 11.1 Å². The van der Waals surface area contributed by atoms with Gasteiger partial charge >= 0.3 is 0 Å². The van der Waals surface area contributed by atoms with Crippen LogP contribution in [0.1, 0.15) is 18.6 Å². The second-order valence-corrected chi connectivity index (χ2v) is 5.31. The summed E-state index contributed by atoms with van der Waals surface area (Å²) in [5.74, 6) is 1.63. The fraction of sp³-hybridized carbons (Fsp3) is 0.222. The molecule has 6 heteroatoms. The first-order chi connectivity index (χ1) is 11.7. The lowest BCUT2D eigenvalue weighted by Crippen LogP contribution is -2.04. The molecular weight excluding hydrogens is 306 g/mol. The third-order valence-electron chi connectivity index (χ3n) is 3.76. The summed E-state index contributed by atoms with van der Waals surface area (Å²) >= 11 is 0. The van der Waals surface area contributed by atoms with Gasteiger partial charge in [0.1, 0.15) is 12.1 Å². The van der Waals surface area contributed by atoms with E-state index in [-0.39, 0.29) is 0 Å². The van der Waals surface area contributed by atoms with Crippen LogP contribution < -0.4 is 14.8 Å². The standard InChI is InChI=1S/C18H19N3O3/c1-11(22)15-16-13(9-14(23-2)17(15)24-3)18(20-10-19-16)21-12-7-5-4-6-8-12/h4-11,22H,1-3H3,(H,19,20,21). The van der Waals surface area contributed by atoms with Crippen molar-refractivity contribution in [2.75, 3.05) is 19.5 Å². The van der Waals surface area contributed by atoms with Crippen molar-refractivity contribution in [3.8, 4) is 11.5 Å². The largest absolute Gasteiger partial charge is 0.493 e. The third-order valence-corrected chi connectivity index (χ3v) is 3.76. The molecule has 6 nitrogen and oxygen atoms in total. The normalized spacial score (nSPS) is 12.0. The monoisotopic (exact) mass is 325 g/mol. The van der Waals surface area contributed by atoms with Crippen molar-refractivity contribution in [2.24, 2.45) is 0 Å². The molecule has 1 aromatic heterocycles. The number of ether oxygens (including phenoxy) is 2. The molecule has 0 saturated carbocycles. The van der Waals surface area contributed by atoms with E-state index in [2.05, 4.69) is 15.3 Å². The number of fused-ring (bicyclic) bond motifs is 1. The molecule has 0 aliphatic carbocycles. The molecule has 0 fully saturated rings. The Morgan fingerprint density at radius 2 is 1.83 bits per heavy atom. The molecule has 0 aliphatic heterocycles. The highest BCUT2D eigenvalue weighted by molar-refractivity contribution is 5.95. The van der Waals surface area contributed by atoms with Gasteiger partial charge in [0.25, 0.3) is 0 Å². The van der Waals surface area contributed by atoms with Crippen molar-refractivity contribution in [3.63, 3.8) is 0 Å². The molecule has 0 aliphatic rings. The number of nitrogens with zero attached hydrogens (tertiary/aromatic N) is 2. The molecule has 0 amide bonds. The van der Waals surface area contributed by atoms with Crippen LogP contribution in [-0.2, 0) is 0 Å². The zero-order chi connectivity index (χ0) is 17.1. The Morgan fingerprint density at radius 1 is 1.08 bits per heavy atom. The highest BCUT2D eigenvalue weighted by Crippen LogP contribution is 2.41. The Bertz CT molecular complexity index is 851. The predicted octanol–water partition coefficient (Wildman–Crippen LogP) is 3.44. The molecule has 3 rings (SSSR count). The minimum Gasteiger partial charge on any atom is -0.493 e. The molecule has 0 bridgehead atoms. The number of anilines is 2. The lowest BCUT2D eigenvalue weighted by Gasteiger charge is -2.18. The van der Waals surface area contributed by atoms with Crippen LogP contribution >= 0.6 is 0 Å². The van der Waals surface area contributed by atoms with Crippen LogP contribution in [0.5, 0.6) is 11.5 Å². The molecule has 24 heavy (non-hydrogen) atoms. The van der Waals surface area contributed by atoms with Gasteiger partial charge in [0, 0.05) is 11.1 Å². The van der Waals surface area contributed by atoms with Crippen LogP contribution in [0.3, 0.4) is 0 Å². The molecule has 0 spiro atoms. The number of rotatable bonds is 5. The number of aromatic nitrogens is 2. The van der Waals surface area contributed by atoms with Gasteiger partial charge in [-0.05, 0) is 25.1 Å². The zero-order valence-electron chi connectivity index (χ0n) is 13.8. The number of para-hydroxylation sites is 1. The van der Waals surface area contributed by atoms with Crippen LogP contribution in [0.25, 0.3) is 10.9 Å². The van der Waals surface area contributed by atoms with Crippen molar-refractivity contribution >= 4 is 22.4 Å². The average molecular weight is 325 g/mol. The molecule has 0 radical (unpaired) electrons. The third kappa shape index (κ3) is 2.83. The number of benzene rings is 2. The van der Waals surface area contributed by atoms with E-state index < -0.39 is 6.10 Å². The minimum absolute atomic E-state index is 0.476. The van der Waals surface area contributed by atoms with Crippen LogP contribution in [0.15, 0.2) is 42.7 Å². The summed E-state index contributed by atoms with van der Waals surface area (Å²) in [6.45, 7) is 1.67. The van der Waals surface area contributed by atoms with Crippen LogP contribution in [0.2, 0.25) is 0 Å². The summed E-state index contributed by atoms with van der Waals surface area (Å²) in [6, 6.07) is 11.5. The van der Waals surface area contributed by atoms with E-state index in [1.165, 1.54) is 6.33 Å².